The average molecular weight is 283 g/mol. The quantitative estimate of drug-likeness (QED) is 0.882. The molecule has 0 radical (unpaired) electrons. The van der Waals surface area contributed by atoms with E-state index in [4.69, 9.17) is 0 Å². The largest absolute Gasteiger partial charge is 0.367 e. The first-order valence-corrected chi connectivity index (χ1v) is 7.43. The highest BCUT2D eigenvalue weighted by atomic mass is 15.2. The van der Waals surface area contributed by atoms with Crippen LogP contribution >= 0.6 is 0 Å². The zero-order valence-corrected chi connectivity index (χ0v) is 12.6. The summed E-state index contributed by atoms with van der Waals surface area (Å²) in [5.74, 6) is 2.72. The molecule has 5 heteroatoms. The standard InChI is InChI=1S/C16H21N5/c1-12-18-15(20-14-3-4-14)11-16(19-12)21(2)10-7-13-5-8-17-9-6-13/h5-6,8-9,11,14H,3-4,7,10H2,1-2H3,(H,18,19,20). The van der Waals surface area contributed by atoms with Crippen molar-refractivity contribution in [2.24, 2.45) is 0 Å². The number of rotatable bonds is 6. The van der Waals surface area contributed by atoms with Crippen molar-refractivity contribution in [3.8, 4) is 0 Å². The van der Waals surface area contributed by atoms with Crippen LogP contribution in [-0.2, 0) is 6.42 Å². The van der Waals surface area contributed by atoms with E-state index in [9.17, 15) is 0 Å². The number of nitrogens with one attached hydrogen (secondary N) is 1. The molecule has 110 valence electrons. The van der Waals surface area contributed by atoms with E-state index in [1.165, 1.54) is 18.4 Å². The summed E-state index contributed by atoms with van der Waals surface area (Å²) < 4.78 is 0. The van der Waals surface area contributed by atoms with Crippen molar-refractivity contribution in [3.05, 3.63) is 42.0 Å². The van der Waals surface area contributed by atoms with Crippen molar-refractivity contribution in [1.82, 2.24) is 15.0 Å². The van der Waals surface area contributed by atoms with Gasteiger partial charge in [-0.1, -0.05) is 0 Å². The molecule has 1 saturated carbocycles. The van der Waals surface area contributed by atoms with Crippen LogP contribution in [0.15, 0.2) is 30.6 Å². The first-order valence-electron chi connectivity index (χ1n) is 7.43. The fourth-order valence-corrected chi connectivity index (χ4v) is 2.22. The van der Waals surface area contributed by atoms with Crippen molar-refractivity contribution in [1.29, 1.82) is 0 Å². The lowest BCUT2D eigenvalue weighted by Crippen LogP contribution is -2.22. The molecule has 21 heavy (non-hydrogen) atoms. The van der Waals surface area contributed by atoms with Gasteiger partial charge in [-0.2, -0.15) is 0 Å². The van der Waals surface area contributed by atoms with Crippen molar-refractivity contribution < 1.29 is 0 Å². The summed E-state index contributed by atoms with van der Waals surface area (Å²) >= 11 is 0. The highest BCUT2D eigenvalue weighted by molar-refractivity contribution is 5.50. The van der Waals surface area contributed by atoms with Gasteiger partial charge < -0.3 is 10.2 Å². The third-order valence-electron chi connectivity index (χ3n) is 3.63. The lowest BCUT2D eigenvalue weighted by Gasteiger charge is -2.19. The van der Waals surface area contributed by atoms with Gasteiger partial charge >= 0.3 is 0 Å². The Balaban J connectivity index is 1.65. The number of hydrogen-bond acceptors (Lipinski definition) is 5. The Morgan fingerprint density at radius 2 is 2.00 bits per heavy atom. The molecule has 1 aliphatic carbocycles. The molecule has 2 aromatic rings. The summed E-state index contributed by atoms with van der Waals surface area (Å²) in [6.45, 7) is 2.86. The normalized spacial score (nSPS) is 14.0. The van der Waals surface area contributed by atoms with Crippen LogP contribution in [0, 0.1) is 6.92 Å². The van der Waals surface area contributed by atoms with Gasteiger partial charge in [-0.15, -0.1) is 0 Å². The van der Waals surface area contributed by atoms with Crippen LogP contribution < -0.4 is 10.2 Å². The maximum absolute atomic E-state index is 4.54. The molecular formula is C16H21N5. The summed E-state index contributed by atoms with van der Waals surface area (Å²) in [6, 6.07) is 6.75. The number of anilines is 2. The number of pyridine rings is 1. The molecule has 0 spiro atoms. The van der Waals surface area contributed by atoms with Gasteiger partial charge in [0.25, 0.3) is 0 Å². The van der Waals surface area contributed by atoms with Gasteiger partial charge in [-0.25, -0.2) is 9.97 Å². The Hall–Kier alpha value is -2.17. The zero-order valence-electron chi connectivity index (χ0n) is 12.6. The molecule has 2 aromatic heterocycles. The Labute approximate surface area is 125 Å². The fourth-order valence-electron chi connectivity index (χ4n) is 2.22. The molecule has 0 aromatic carbocycles. The van der Waals surface area contributed by atoms with Gasteiger partial charge in [0.1, 0.15) is 17.5 Å². The van der Waals surface area contributed by atoms with Crippen LogP contribution in [0.5, 0.6) is 0 Å². The van der Waals surface area contributed by atoms with Crippen LogP contribution in [0.3, 0.4) is 0 Å². The Morgan fingerprint density at radius 3 is 2.71 bits per heavy atom. The molecule has 0 saturated heterocycles. The molecule has 1 N–H and O–H groups in total. The third-order valence-corrected chi connectivity index (χ3v) is 3.63. The third kappa shape index (κ3) is 3.90. The molecule has 1 aliphatic rings. The summed E-state index contributed by atoms with van der Waals surface area (Å²) in [7, 11) is 2.07. The second kappa shape index (κ2) is 6.08. The number of nitrogens with zero attached hydrogens (tertiary/aromatic N) is 4. The number of hydrogen-bond donors (Lipinski definition) is 1. The molecule has 1 fully saturated rings. The van der Waals surface area contributed by atoms with Crippen molar-refractivity contribution in [3.63, 3.8) is 0 Å². The predicted octanol–water partition coefficient (Wildman–Crippen LogP) is 2.43. The lowest BCUT2D eigenvalue weighted by molar-refractivity contribution is 0.847. The van der Waals surface area contributed by atoms with Crippen LogP contribution in [0.2, 0.25) is 0 Å². The Kier molecular flexibility index (Phi) is 3.99. The van der Waals surface area contributed by atoms with Crippen molar-refractivity contribution in [2.75, 3.05) is 23.8 Å². The summed E-state index contributed by atoms with van der Waals surface area (Å²) in [4.78, 5) is 15.2. The van der Waals surface area contributed by atoms with E-state index in [1.54, 1.807) is 0 Å². The Bertz CT molecular complexity index is 595. The average Bonchev–Trinajstić information content (AvgIpc) is 3.29. The maximum Gasteiger partial charge on any atom is 0.134 e. The number of aromatic nitrogens is 3. The van der Waals surface area contributed by atoms with Gasteiger partial charge in [-0.3, -0.25) is 4.98 Å². The first kappa shape index (κ1) is 13.8. The van der Waals surface area contributed by atoms with E-state index in [0.29, 0.717) is 6.04 Å². The zero-order chi connectivity index (χ0) is 14.7. The van der Waals surface area contributed by atoms with Gasteiger partial charge in [0, 0.05) is 38.1 Å². The van der Waals surface area contributed by atoms with Crippen LogP contribution in [0.4, 0.5) is 11.6 Å². The van der Waals surface area contributed by atoms with Crippen molar-refractivity contribution in [2.45, 2.75) is 32.2 Å². The summed E-state index contributed by atoms with van der Waals surface area (Å²) in [5, 5.41) is 3.44. The molecule has 0 amide bonds. The van der Waals surface area contributed by atoms with Crippen molar-refractivity contribution >= 4 is 11.6 Å². The van der Waals surface area contributed by atoms with Gasteiger partial charge in [0.05, 0.1) is 0 Å². The SMILES string of the molecule is Cc1nc(NC2CC2)cc(N(C)CCc2ccncc2)n1. The van der Waals surface area contributed by atoms with Gasteiger partial charge in [0.2, 0.25) is 0 Å². The second-order valence-corrected chi connectivity index (χ2v) is 5.60. The predicted molar refractivity (Wildman–Crippen MR) is 84.6 cm³/mol. The smallest absolute Gasteiger partial charge is 0.134 e. The van der Waals surface area contributed by atoms with E-state index < -0.39 is 0 Å². The molecular weight excluding hydrogens is 262 g/mol. The van der Waals surface area contributed by atoms with E-state index in [1.807, 2.05) is 25.4 Å². The molecule has 0 unspecified atom stereocenters. The summed E-state index contributed by atoms with van der Waals surface area (Å²) in [5.41, 5.74) is 1.29. The molecule has 0 aliphatic heterocycles. The maximum atomic E-state index is 4.54. The Morgan fingerprint density at radius 1 is 1.24 bits per heavy atom. The summed E-state index contributed by atoms with van der Waals surface area (Å²) in [6.07, 6.45) is 7.14. The number of likely N-dealkylation sites (N-methyl/N-ethyl adjacent to an activating group) is 1. The van der Waals surface area contributed by atoms with E-state index in [-0.39, 0.29) is 0 Å². The van der Waals surface area contributed by atoms with E-state index in [2.05, 4.69) is 44.3 Å². The van der Waals surface area contributed by atoms with Crippen LogP contribution in [0.25, 0.3) is 0 Å². The lowest BCUT2D eigenvalue weighted by atomic mass is 10.2. The van der Waals surface area contributed by atoms with Crippen LogP contribution in [0.1, 0.15) is 24.2 Å². The number of aryl methyl sites for hydroxylation is 1. The van der Waals surface area contributed by atoms with E-state index in [0.717, 1.165) is 30.4 Å². The molecule has 2 heterocycles. The second-order valence-electron chi connectivity index (χ2n) is 5.60. The fraction of sp³-hybridized carbons (Fsp3) is 0.438. The topological polar surface area (TPSA) is 53.9 Å². The first-order chi connectivity index (χ1) is 10.2. The molecule has 5 nitrogen and oxygen atoms in total. The van der Waals surface area contributed by atoms with Crippen LogP contribution in [-0.4, -0.2) is 34.6 Å². The minimum atomic E-state index is 0.606. The minimum Gasteiger partial charge on any atom is -0.367 e. The molecule has 0 atom stereocenters. The highest BCUT2D eigenvalue weighted by Gasteiger charge is 2.21. The highest BCUT2D eigenvalue weighted by Crippen LogP contribution is 2.25. The minimum absolute atomic E-state index is 0.606. The molecule has 3 rings (SSSR count). The van der Waals surface area contributed by atoms with E-state index >= 15 is 0 Å². The van der Waals surface area contributed by atoms with Gasteiger partial charge in [-0.05, 0) is 43.9 Å². The van der Waals surface area contributed by atoms with Gasteiger partial charge in [0.15, 0.2) is 0 Å². The monoisotopic (exact) mass is 283 g/mol. The molecule has 0 bridgehead atoms.